The normalized spacial score (nSPS) is 19.2. The van der Waals surface area contributed by atoms with E-state index < -0.39 is 0 Å². The Bertz CT molecular complexity index is 456. The molecule has 4 nitrogen and oxygen atoms in total. The summed E-state index contributed by atoms with van der Waals surface area (Å²) >= 11 is 4.90. The summed E-state index contributed by atoms with van der Waals surface area (Å²) in [5.41, 5.74) is 6.83. The van der Waals surface area contributed by atoms with Crippen molar-refractivity contribution in [1.82, 2.24) is 5.32 Å². The van der Waals surface area contributed by atoms with E-state index in [-0.39, 0.29) is 11.9 Å². The van der Waals surface area contributed by atoms with Crippen molar-refractivity contribution in [2.45, 2.75) is 18.9 Å². The highest BCUT2D eigenvalue weighted by atomic mass is 32.1. The van der Waals surface area contributed by atoms with Gasteiger partial charge in [-0.3, -0.25) is 4.79 Å². The molecule has 3 N–H and O–H groups in total. The maximum absolute atomic E-state index is 12.0. The smallest absolute Gasteiger partial charge is 0.251 e. The molecular formula is C13H16N2O2S. The molecule has 18 heavy (non-hydrogen) atoms. The van der Waals surface area contributed by atoms with Crippen LogP contribution in [0.25, 0.3) is 0 Å². The van der Waals surface area contributed by atoms with Crippen LogP contribution in [0.1, 0.15) is 28.8 Å². The predicted octanol–water partition coefficient (Wildman–Crippen LogP) is 1.23. The van der Waals surface area contributed by atoms with E-state index in [9.17, 15) is 4.79 Å². The van der Waals surface area contributed by atoms with Crippen LogP contribution < -0.4 is 11.1 Å². The van der Waals surface area contributed by atoms with Crippen molar-refractivity contribution in [2.24, 2.45) is 5.73 Å². The van der Waals surface area contributed by atoms with Crippen molar-refractivity contribution in [1.29, 1.82) is 0 Å². The Morgan fingerprint density at radius 3 is 2.89 bits per heavy atom. The third kappa shape index (κ3) is 3.27. The van der Waals surface area contributed by atoms with Gasteiger partial charge in [-0.15, -0.1) is 0 Å². The van der Waals surface area contributed by atoms with Gasteiger partial charge in [-0.05, 0) is 25.0 Å². The number of carbonyl (C=O) groups excluding carboxylic acids is 1. The van der Waals surface area contributed by atoms with Gasteiger partial charge in [-0.2, -0.15) is 0 Å². The summed E-state index contributed by atoms with van der Waals surface area (Å²) in [6.07, 6.45) is 1.94. The van der Waals surface area contributed by atoms with Gasteiger partial charge in [0.05, 0.1) is 12.6 Å². The zero-order valence-electron chi connectivity index (χ0n) is 10.0. The van der Waals surface area contributed by atoms with Crippen LogP contribution in [-0.2, 0) is 4.74 Å². The molecule has 0 saturated carbocycles. The molecule has 1 aliphatic heterocycles. The largest absolute Gasteiger partial charge is 0.389 e. The first kappa shape index (κ1) is 13.0. The predicted molar refractivity (Wildman–Crippen MR) is 73.6 cm³/mol. The summed E-state index contributed by atoms with van der Waals surface area (Å²) in [6.45, 7) is 1.37. The number of hydrogen-bond donors (Lipinski definition) is 2. The lowest BCUT2D eigenvalue weighted by Gasteiger charge is -2.23. The van der Waals surface area contributed by atoms with E-state index in [2.05, 4.69) is 5.32 Å². The molecule has 1 aromatic rings. The first-order chi connectivity index (χ1) is 8.66. The Balaban J connectivity index is 2.03. The first-order valence-corrected chi connectivity index (χ1v) is 6.36. The number of ether oxygens (including phenoxy) is 1. The van der Waals surface area contributed by atoms with Crippen molar-refractivity contribution in [3.05, 3.63) is 35.4 Å². The summed E-state index contributed by atoms with van der Waals surface area (Å²) in [5.74, 6) is -0.108. The van der Waals surface area contributed by atoms with Crippen LogP contribution in [-0.4, -0.2) is 30.2 Å². The third-order valence-corrected chi connectivity index (χ3v) is 3.14. The van der Waals surface area contributed by atoms with Gasteiger partial charge in [0, 0.05) is 17.7 Å². The van der Waals surface area contributed by atoms with Crippen LogP contribution in [0, 0.1) is 0 Å². The average molecular weight is 264 g/mol. The second-order valence-electron chi connectivity index (χ2n) is 4.33. The molecule has 0 aliphatic carbocycles. The number of benzene rings is 1. The van der Waals surface area contributed by atoms with E-state index in [4.69, 9.17) is 22.7 Å². The molecule has 1 aliphatic rings. The zero-order chi connectivity index (χ0) is 13.0. The Hall–Kier alpha value is -1.46. The van der Waals surface area contributed by atoms with Gasteiger partial charge in [0.2, 0.25) is 0 Å². The lowest BCUT2D eigenvalue weighted by atomic mass is 10.1. The highest BCUT2D eigenvalue weighted by molar-refractivity contribution is 7.80. The van der Waals surface area contributed by atoms with Crippen molar-refractivity contribution in [2.75, 3.05) is 13.2 Å². The Morgan fingerprint density at radius 1 is 1.44 bits per heavy atom. The number of nitrogens with two attached hydrogens (primary N) is 1. The molecule has 0 radical (unpaired) electrons. The standard InChI is InChI=1S/C13H16N2O2S/c14-12(18)9-3-1-4-10(7-9)13(16)15-11-5-2-6-17-8-11/h1,3-4,7,11H,2,5-6,8H2,(H2,14,18)(H,15,16). The average Bonchev–Trinajstić information content (AvgIpc) is 2.40. The van der Waals surface area contributed by atoms with Gasteiger partial charge in [0.25, 0.3) is 5.91 Å². The monoisotopic (exact) mass is 264 g/mol. The lowest BCUT2D eigenvalue weighted by molar-refractivity contribution is 0.0624. The molecule has 1 saturated heterocycles. The molecule has 0 aromatic heterocycles. The highest BCUT2D eigenvalue weighted by Crippen LogP contribution is 2.09. The van der Waals surface area contributed by atoms with Crippen LogP contribution in [0.15, 0.2) is 24.3 Å². The van der Waals surface area contributed by atoms with Gasteiger partial charge in [0.15, 0.2) is 0 Å². The fraction of sp³-hybridized carbons (Fsp3) is 0.385. The summed E-state index contributed by atoms with van der Waals surface area (Å²) in [7, 11) is 0. The van der Waals surface area contributed by atoms with E-state index >= 15 is 0 Å². The quantitative estimate of drug-likeness (QED) is 0.806. The molecule has 1 atom stereocenters. The molecule has 2 rings (SSSR count). The Morgan fingerprint density at radius 2 is 2.22 bits per heavy atom. The topological polar surface area (TPSA) is 64.4 Å². The second-order valence-corrected chi connectivity index (χ2v) is 4.77. The Kier molecular flexibility index (Phi) is 4.28. The highest BCUT2D eigenvalue weighted by Gasteiger charge is 2.17. The third-order valence-electron chi connectivity index (χ3n) is 2.90. The molecule has 0 spiro atoms. The van der Waals surface area contributed by atoms with E-state index in [0.29, 0.717) is 22.7 Å². The van der Waals surface area contributed by atoms with Crippen molar-refractivity contribution in [3.8, 4) is 0 Å². The van der Waals surface area contributed by atoms with Crippen molar-refractivity contribution < 1.29 is 9.53 Å². The minimum absolute atomic E-state index is 0.0970. The number of nitrogens with one attached hydrogen (secondary N) is 1. The zero-order valence-corrected chi connectivity index (χ0v) is 10.8. The van der Waals surface area contributed by atoms with Crippen LogP contribution >= 0.6 is 12.2 Å². The van der Waals surface area contributed by atoms with Crippen molar-refractivity contribution >= 4 is 23.1 Å². The van der Waals surface area contributed by atoms with Gasteiger partial charge in [-0.1, -0.05) is 24.4 Å². The molecule has 1 unspecified atom stereocenters. The molecule has 1 heterocycles. The van der Waals surface area contributed by atoms with Crippen LogP contribution in [0.4, 0.5) is 0 Å². The Labute approximate surface area is 112 Å². The maximum Gasteiger partial charge on any atom is 0.251 e. The summed E-state index contributed by atoms with van der Waals surface area (Å²) in [6, 6.07) is 7.13. The summed E-state index contributed by atoms with van der Waals surface area (Å²) in [5, 5.41) is 2.95. The number of hydrogen-bond acceptors (Lipinski definition) is 3. The fourth-order valence-corrected chi connectivity index (χ4v) is 2.06. The van der Waals surface area contributed by atoms with Crippen molar-refractivity contribution in [3.63, 3.8) is 0 Å². The van der Waals surface area contributed by atoms with E-state index in [0.717, 1.165) is 19.4 Å². The molecule has 0 bridgehead atoms. The van der Waals surface area contributed by atoms with Crippen LogP contribution in [0.2, 0.25) is 0 Å². The molecule has 1 amide bonds. The number of carbonyl (C=O) groups is 1. The number of thiocarbonyl (C=S) groups is 1. The second kappa shape index (κ2) is 5.93. The first-order valence-electron chi connectivity index (χ1n) is 5.95. The lowest BCUT2D eigenvalue weighted by Crippen LogP contribution is -2.40. The number of rotatable bonds is 3. The van der Waals surface area contributed by atoms with Gasteiger partial charge < -0.3 is 15.8 Å². The van der Waals surface area contributed by atoms with Gasteiger partial charge >= 0.3 is 0 Å². The molecule has 96 valence electrons. The summed E-state index contributed by atoms with van der Waals surface area (Å²) < 4.78 is 5.33. The molecule has 1 fully saturated rings. The van der Waals surface area contributed by atoms with Gasteiger partial charge in [-0.25, -0.2) is 0 Å². The fourth-order valence-electron chi connectivity index (χ4n) is 1.94. The van der Waals surface area contributed by atoms with Gasteiger partial charge in [0.1, 0.15) is 4.99 Å². The molecule has 5 heteroatoms. The van der Waals surface area contributed by atoms with E-state index in [1.165, 1.54) is 0 Å². The van der Waals surface area contributed by atoms with E-state index in [1.54, 1.807) is 24.3 Å². The SMILES string of the molecule is NC(=S)c1cccc(C(=O)NC2CCCOC2)c1. The van der Waals surface area contributed by atoms with Crippen LogP contribution in [0.3, 0.4) is 0 Å². The number of amides is 1. The summed E-state index contributed by atoms with van der Waals surface area (Å²) in [4.78, 5) is 12.3. The minimum atomic E-state index is -0.108. The van der Waals surface area contributed by atoms with Crippen LogP contribution in [0.5, 0.6) is 0 Å². The molecular weight excluding hydrogens is 248 g/mol. The minimum Gasteiger partial charge on any atom is -0.389 e. The molecule has 1 aromatic carbocycles. The maximum atomic E-state index is 12.0. The van der Waals surface area contributed by atoms with E-state index in [1.807, 2.05) is 0 Å².